The zero-order valence-corrected chi connectivity index (χ0v) is 24.3. The molecule has 2 fully saturated rings. The second-order valence-corrected chi connectivity index (χ2v) is 14.2. The number of tetrazole rings is 1. The van der Waals surface area contributed by atoms with Crippen molar-refractivity contribution >= 4 is 57.2 Å². The molecule has 0 aliphatic carbocycles. The van der Waals surface area contributed by atoms with E-state index in [2.05, 4.69) is 15.5 Å². The Hall–Kier alpha value is -2.61. The fraction of sp³-hybridized carbons (Fsp3) is 0.750. The molecule has 0 saturated carbocycles. The van der Waals surface area contributed by atoms with Crippen LogP contribution in [0.5, 0.6) is 0 Å². The number of nitrogens with two attached hydrogens (primary N) is 1. The van der Waals surface area contributed by atoms with Gasteiger partial charge in [0, 0.05) is 31.4 Å². The van der Waals surface area contributed by atoms with E-state index in [1.165, 1.54) is 4.68 Å². The van der Waals surface area contributed by atoms with Gasteiger partial charge in [-0.2, -0.15) is 13.2 Å². The molecular formula is C20H28F3N7O7S3. The highest BCUT2D eigenvalue weighted by Crippen LogP contribution is 2.47. The number of carbonyl (C=O) groups excluding carboxylic acids is 4. The molecule has 2 saturated heterocycles. The van der Waals surface area contributed by atoms with E-state index in [1.807, 2.05) is 0 Å². The lowest BCUT2D eigenvalue weighted by Gasteiger charge is -2.56. The molecule has 3 rings (SSSR count). The molecule has 224 valence electrons. The fourth-order valence-corrected chi connectivity index (χ4v) is 8.41. The number of thioether (sulfide) groups is 2. The van der Waals surface area contributed by atoms with Gasteiger partial charge in [0.25, 0.3) is 5.91 Å². The fourth-order valence-electron chi connectivity index (χ4n) is 4.04. The van der Waals surface area contributed by atoms with Gasteiger partial charge < -0.3 is 15.4 Å². The summed E-state index contributed by atoms with van der Waals surface area (Å²) in [5, 5.41) is 10.5. The predicted octanol–water partition coefficient (Wildman–Crippen LogP) is -0.00700. The molecule has 0 radical (unpaired) electrons. The van der Waals surface area contributed by atoms with Crippen molar-refractivity contribution in [1.82, 2.24) is 29.4 Å². The van der Waals surface area contributed by atoms with Crippen LogP contribution in [0.1, 0.15) is 34.1 Å². The van der Waals surface area contributed by atoms with Crippen LogP contribution in [0, 0.1) is 5.41 Å². The molecule has 2 N–H and O–H groups in total. The van der Waals surface area contributed by atoms with E-state index in [-0.39, 0.29) is 40.5 Å². The quantitative estimate of drug-likeness (QED) is 0.207. The zero-order chi connectivity index (χ0) is 30.3. The molecule has 20 heteroatoms. The van der Waals surface area contributed by atoms with E-state index >= 15 is 0 Å². The molecule has 2 aliphatic heterocycles. The number of nitrogens with zero attached hydrogens (tertiary/aromatic N) is 6. The Kier molecular flexibility index (Phi) is 9.05. The van der Waals surface area contributed by atoms with Crippen molar-refractivity contribution in [1.29, 1.82) is 0 Å². The van der Waals surface area contributed by atoms with Gasteiger partial charge in [-0.25, -0.2) is 17.4 Å². The SMILES string of the molecule is CC(=O)N(C1C(=O)N2CC(CSc3nnnn3CCC(N)=O)(C(=O)OC(C)(C)C)CS[C@H]12)S(=O)(=O)CC(F)(F)F. The summed E-state index contributed by atoms with van der Waals surface area (Å²) >= 11 is 2.01. The first-order chi connectivity index (χ1) is 18.3. The number of alkyl halides is 3. The molecule has 14 nitrogen and oxygen atoms in total. The van der Waals surface area contributed by atoms with Gasteiger partial charge in [0.2, 0.25) is 27.0 Å². The highest BCUT2D eigenvalue weighted by Gasteiger charge is 2.62. The number of halogens is 3. The lowest BCUT2D eigenvalue weighted by molar-refractivity contribution is -0.171. The number of amides is 3. The molecule has 3 atom stereocenters. The summed E-state index contributed by atoms with van der Waals surface area (Å²) in [5.74, 6) is -5.71. The van der Waals surface area contributed by atoms with Gasteiger partial charge >= 0.3 is 12.1 Å². The molecule has 3 heterocycles. The first-order valence-corrected chi connectivity index (χ1v) is 15.3. The van der Waals surface area contributed by atoms with Crippen LogP contribution < -0.4 is 5.73 Å². The summed E-state index contributed by atoms with van der Waals surface area (Å²) in [6.07, 6.45) is -5.17. The number of aromatic nitrogens is 4. The number of β-lactam (4-membered cyclic amide) rings is 1. The average molecular weight is 632 g/mol. The largest absolute Gasteiger partial charge is 0.459 e. The third kappa shape index (κ3) is 7.17. The van der Waals surface area contributed by atoms with Crippen LogP contribution in [0.25, 0.3) is 0 Å². The molecule has 2 aliphatic rings. The third-order valence-electron chi connectivity index (χ3n) is 5.70. The Labute approximate surface area is 235 Å². The average Bonchev–Trinajstić information content (AvgIpc) is 3.23. The van der Waals surface area contributed by atoms with Gasteiger partial charge in [-0.3, -0.25) is 19.2 Å². The second kappa shape index (κ2) is 11.3. The number of rotatable bonds is 10. The number of ether oxygens (including phenoxy) is 1. The van der Waals surface area contributed by atoms with E-state index in [0.717, 1.165) is 35.3 Å². The summed E-state index contributed by atoms with van der Waals surface area (Å²) in [6.45, 7) is 5.54. The summed E-state index contributed by atoms with van der Waals surface area (Å²) < 4.78 is 70.6. The molecule has 40 heavy (non-hydrogen) atoms. The number of sulfonamides is 1. The van der Waals surface area contributed by atoms with Crippen LogP contribution in [0.15, 0.2) is 5.16 Å². The maximum atomic E-state index is 13.4. The van der Waals surface area contributed by atoms with Crippen LogP contribution in [0.2, 0.25) is 0 Å². The highest BCUT2D eigenvalue weighted by atomic mass is 32.2. The minimum atomic E-state index is -5.20. The Morgan fingerprint density at radius 1 is 1.27 bits per heavy atom. The van der Waals surface area contributed by atoms with Gasteiger partial charge in [-0.05, 0) is 31.2 Å². The maximum Gasteiger partial charge on any atom is 0.404 e. The third-order valence-corrected chi connectivity index (χ3v) is 10.3. The summed E-state index contributed by atoms with van der Waals surface area (Å²) in [4.78, 5) is 51.0. The summed E-state index contributed by atoms with van der Waals surface area (Å²) in [5.41, 5.74) is 2.92. The molecule has 0 spiro atoms. The van der Waals surface area contributed by atoms with Crippen LogP contribution in [0.3, 0.4) is 0 Å². The van der Waals surface area contributed by atoms with Gasteiger partial charge in [-0.1, -0.05) is 11.8 Å². The van der Waals surface area contributed by atoms with Crippen LogP contribution in [0.4, 0.5) is 13.2 Å². The van der Waals surface area contributed by atoms with Gasteiger partial charge in [-0.15, -0.1) is 16.9 Å². The minimum absolute atomic E-state index is 0.00415. The molecule has 2 unspecified atom stereocenters. The van der Waals surface area contributed by atoms with Crippen molar-refractivity contribution in [2.75, 3.05) is 23.8 Å². The summed E-state index contributed by atoms with van der Waals surface area (Å²) in [7, 11) is -5.20. The van der Waals surface area contributed by atoms with Crippen LogP contribution in [-0.2, 0) is 40.5 Å². The van der Waals surface area contributed by atoms with Crippen LogP contribution >= 0.6 is 23.5 Å². The second-order valence-electron chi connectivity index (χ2n) is 10.3. The standard InChI is InChI=1S/C20H28F3N7O7S3/c1-11(31)30(40(35,36)10-20(21,22)23)13-14(33)28-7-19(8-38-15(13)28,16(34)37-18(2,3)4)9-39-17-25-26-27-29(17)6-5-12(24)32/h13,15H,5-10H2,1-4H3,(H2,24,32)/t13?,15-,19?/m1/s1. The lowest BCUT2D eigenvalue weighted by atomic mass is 9.89. The van der Waals surface area contributed by atoms with Crippen molar-refractivity contribution in [3.05, 3.63) is 0 Å². The maximum absolute atomic E-state index is 13.4. The topological polar surface area (TPSA) is 188 Å². The molecule has 1 aromatic rings. The molecule has 0 aromatic carbocycles. The molecule has 1 aromatic heterocycles. The lowest BCUT2D eigenvalue weighted by Crippen LogP contribution is -2.75. The number of carbonyl (C=O) groups is 4. The predicted molar refractivity (Wildman–Crippen MR) is 135 cm³/mol. The van der Waals surface area contributed by atoms with Crippen molar-refractivity contribution < 1.29 is 45.5 Å². The normalized spacial score (nSPS) is 23.3. The highest BCUT2D eigenvalue weighted by molar-refractivity contribution is 8.00. The van der Waals surface area contributed by atoms with E-state index in [4.69, 9.17) is 10.5 Å². The van der Waals surface area contributed by atoms with Crippen molar-refractivity contribution in [3.8, 4) is 0 Å². The number of fused-ring (bicyclic) bond motifs is 1. The Morgan fingerprint density at radius 3 is 2.48 bits per heavy atom. The molecular weight excluding hydrogens is 603 g/mol. The van der Waals surface area contributed by atoms with Gasteiger partial charge in [0.1, 0.15) is 16.4 Å². The number of primary amides is 1. The number of hydrogen-bond acceptors (Lipinski definition) is 12. The van der Waals surface area contributed by atoms with Crippen molar-refractivity contribution in [3.63, 3.8) is 0 Å². The van der Waals surface area contributed by atoms with Gasteiger partial charge in [0.15, 0.2) is 11.8 Å². The van der Waals surface area contributed by atoms with E-state index in [0.29, 0.717) is 0 Å². The van der Waals surface area contributed by atoms with Gasteiger partial charge in [0.05, 0.1) is 6.54 Å². The zero-order valence-electron chi connectivity index (χ0n) is 21.9. The van der Waals surface area contributed by atoms with Crippen LogP contribution in [-0.4, -0.2) is 109 Å². The number of aryl methyl sites for hydroxylation is 1. The van der Waals surface area contributed by atoms with E-state index < -0.39 is 68.1 Å². The minimum Gasteiger partial charge on any atom is -0.459 e. The van der Waals surface area contributed by atoms with E-state index in [1.54, 1.807) is 20.8 Å². The Morgan fingerprint density at radius 2 is 1.93 bits per heavy atom. The smallest absolute Gasteiger partial charge is 0.404 e. The van der Waals surface area contributed by atoms with Crippen molar-refractivity contribution in [2.24, 2.45) is 11.1 Å². The number of esters is 1. The van der Waals surface area contributed by atoms with E-state index in [9.17, 15) is 40.8 Å². The summed E-state index contributed by atoms with van der Waals surface area (Å²) in [6, 6.07) is -1.68. The first-order valence-electron chi connectivity index (χ1n) is 11.7. The number of hydrogen-bond donors (Lipinski definition) is 1. The molecule has 3 amide bonds. The Bertz CT molecular complexity index is 1280. The molecule has 0 bridgehead atoms. The Balaban J connectivity index is 1.85. The van der Waals surface area contributed by atoms with Crippen molar-refractivity contribution in [2.45, 2.75) is 69.0 Å². The monoisotopic (exact) mass is 631 g/mol. The first kappa shape index (κ1) is 31.9.